The van der Waals surface area contributed by atoms with Crippen molar-refractivity contribution in [1.82, 2.24) is 10.2 Å². The van der Waals surface area contributed by atoms with E-state index in [2.05, 4.69) is 33.0 Å². The second-order valence-corrected chi connectivity index (χ2v) is 6.51. The fourth-order valence-electron chi connectivity index (χ4n) is 2.55. The van der Waals surface area contributed by atoms with Gasteiger partial charge >= 0.3 is 0 Å². The Bertz CT molecular complexity index is 354. The summed E-state index contributed by atoms with van der Waals surface area (Å²) < 4.78 is 0. The van der Waals surface area contributed by atoms with Gasteiger partial charge < -0.3 is 10.2 Å². The summed E-state index contributed by atoms with van der Waals surface area (Å²) in [6, 6.07) is -0.654. The molecule has 1 heterocycles. The molecule has 0 aromatic carbocycles. The van der Waals surface area contributed by atoms with Gasteiger partial charge in [0.1, 0.15) is 12.1 Å². The van der Waals surface area contributed by atoms with Crippen molar-refractivity contribution in [3.8, 4) is 0 Å². The molecule has 1 N–H and O–H groups in total. The van der Waals surface area contributed by atoms with Gasteiger partial charge in [-0.25, -0.2) is 0 Å². The van der Waals surface area contributed by atoms with Crippen LogP contribution in [0.2, 0.25) is 0 Å². The second-order valence-electron chi connectivity index (χ2n) is 6.51. The molecule has 4 unspecified atom stereocenters. The van der Waals surface area contributed by atoms with Gasteiger partial charge in [-0.2, -0.15) is 0 Å². The molecule has 1 aliphatic heterocycles. The maximum atomic E-state index is 12.7. The van der Waals surface area contributed by atoms with E-state index in [1.54, 1.807) is 0 Å². The molecule has 1 rings (SSSR count). The summed E-state index contributed by atoms with van der Waals surface area (Å²) in [4.78, 5) is 26.8. The van der Waals surface area contributed by atoms with Crippen LogP contribution in [0.25, 0.3) is 0 Å². The highest BCUT2D eigenvalue weighted by Crippen LogP contribution is 2.22. The van der Waals surface area contributed by atoms with Crippen LogP contribution in [0.3, 0.4) is 0 Å². The Morgan fingerprint density at radius 1 is 1.15 bits per heavy atom. The molecule has 1 saturated heterocycles. The first-order chi connectivity index (χ1) is 9.33. The standard InChI is InChI=1S/C16H30N2O2/c1-7-11(5)14-16(20)18(9-12(6)10(3)4)13(8-2)15(19)17-14/h10-14H,7-9H2,1-6H3,(H,17,19). The van der Waals surface area contributed by atoms with Crippen LogP contribution < -0.4 is 5.32 Å². The van der Waals surface area contributed by atoms with E-state index in [9.17, 15) is 9.59 Å². The van der Waals surface area contributed by atoms with Crippen LogP contribution in [0.15, 0.2) is 0 Å². The van der Waals surface area contributed by atoms with Gasteiger partial charge in [0, 0.05) is 6.54 Å². The number of rotatable bonds is 6. The van der Waals surface area contributed by atoms with Gasteiger partial charge in [-0.05, 0) is 24.2 Å². The van der Waals surface area contributed by atoms with Crippen LogP contribution in [-0.4, -0.2) is 35.3 Å². The second kappa shape index (κ2) is 7.09. The van der Waals surface area contributed by atoms with E-state index >= 15 is 0 Å². The zero-order valence-electron chi connectivity index (χ0n) is 13.8. The van der Waals surface area contributed by atoms with E-state index in [1.807, 2.05) is 18.7 Å². The summed E-state index contributed by atoms with van der Waals surface area (Å²) in [6.07, 6.45) is 1.57. The summed E-state index contributed by atoms with van der Waals surface area (Å²) in [6.45, 7) is 13.2. The van der Waals surface area contributed by atoms with Crippen molar-refractivity contribution in [2.24, 2.45) is 17.8 Å². The van der Waals surface area contributed by atoms with Crippen molar-refractivity contribution >= 4 is 11.8 Å². The maximum absolute atomic E-state index is 12.7. The van der Waals surface area contributed by atoms with Gasteiger partial charge in [0.2, 0.25) is 11.8 Å². The Labute approximate surface area is 123 Å². The fourth-order valence-corrected chi connectivity index (χ4v) is 2.55. The average molecular weight is 282 g/mol. The van der Waals surface area contributed by atoms with E-state index in [0.29, 0.717) is 24.8 Å². The lowest BCUT2D eigenvalue weighted by molar-refractivity contribution is -0.151. The third kappa shape index (κ3) is 3.53. The third-order valence-electron chi connectivity index (χ3n) is 4.75. The molecule has 116 valence electrons. The van der Waals surface area contributed by atoms with Crippen LogP contribution in [0.1, 0.15) is 54.4 Å². The molecule has 0 bridgehead atoms. The molecule has 0 aromatic rings. The molecule has 0 saturated carbocycles. The molecule has 1 aliphatic rings. The lowest BCUT2D eigenvalue weighted by Crippen LogP contribution is -2.65. The highest BCUT2D eigenvalue weighted by Gasteiger charge is 2.41. The van der Waals surface area contributed by atoms with Crippen LogP contribution in [0, 0.1) is 17.8 Å². The van der Waals surface area contributed by atoms with Crippen molar-refractivity contribution < 1.29 is 9.59 Å². The number of hydrogen-bond acceptors (Lipinski definition) is 2. The van der Waals surface area contributed by atoms with Crippen molar-refractivity contribution in [2.75, 3.05) is 6.54 Å². The molecule has 4 heteroatoms. The Kier molecular flexibility index (Phi) is 6.03. The predicted molar refractivity (Wildman–Crippen MR) is 81.2 cm³/mol. The van der Waals surface area contributed by atoms with E-state index < -0.39 is 0 Å². The molecular formula is C16H30N2O2. The molecule has 2 amide bonds. The minimum atomic E-state index is -0.352. The Morgan fingerprint density at radius 2 is 1.75 bits per heavy atom. The van der Waals surface area contributed by atoms with Gasteiger partial charge in [-0.3, -0.25) is 9.59 Å². The largest absolute Gasteiger partial charge is 0.342 e. The SMILES string of the molecule is CCC(C)C1NC(=O)C(CC)N(CC(C)C(C)C)C1=O. The molecule has 4 atom stereocenters. The number of nitrogens with zero attached hydrogens (tertiary/aromatic N) is 1. The minimum absolute atomic E-state index is 0.00774. The van der Waals surface area contributed by atoms with E-state index in [0.717, 1.165) is 6.42 Å². The van der Waals surface area contributed by atoms with Crippen LogP contribution >= 0.6 is 0 Å². The number of carbonyl (C=O) groups is 2. The summed E-state index contributed by atoms with van der Waals surface area (Å²) in [5, 5.41) is 2.92. The molecule has 0 radical (unpaired) electrons. The molecule has 20 heavy (non-hydrogen) atoms. The van der Waals surface area contributed by atoms with Crippen LogP contribution in [0.4, 0.5) is 0 Å². The number of amides is 2. The minimum Gasteiger partial charge on any atom is -0.342 e. The van der Waals surface area contributed by atoms with E-state index in [-0.39, 0.29) is 29.8 Å². The van der Waals surface area contributed by atoms with Gasteiger partial charge in [0.05, 0.1) is 0 Å². The smallest absolute Gasteiger partial charge is 0.246 e. The number of hydrogen-bond donors (Lipinski definition) is 1. The zero-order valence-corrected chi connectivity index (χ0v) is 13.8. The molecule has 0 aliphatic carbocycles. The van der Waals surface area contributed by atoms with Gasteiger partial charge in [-0.1, -0.05) is 48.0 Å². The molecular weight excluding hydrogens is 252 g/mol. The normalized spacial score (nSPS) is 26.6. The highest BCUT2D eigenvalue weighted by molar-refractivity contribution is 5.97. The van der Waals surface area contributed by atoms with Crippen LogP contribution in [0.5, 0.6) is 0 Å². The maximum Gasteiger partial charge on any atom is 0.246 e. The highest BCUT2D eigenvalue weighted by atomic mass is 16.2. The first-order valence-corrected chi connectivity index (χ1v) is 7.94. The van der Waals surface area contributed by atoms with E-state index in [1.165, 1.54) is 0 Å². The van der Waals surface area contributed by atoms with Crippen molar-refractivity contribution in [2.45, 2.75) is 66.5 Å². The molecule has 1 fully saturated rings. The van der Waals surface area contributed by atoms with Crippen molar-refractivity contribution in [1.29, 1.82) is 0 Å². The summed E-state index contributed by atoms with van der Waals surface area (Å²) in [5.74, 6) is 1.19. The number of nitrogens with one attached hydrogen (secondary N) is 1. The molecule has 0 spiro atoms. The first-order valence-electron chi connectivity index (χ1n) is 7.94. The average Bonchev–Trinajstić information content (AvgIpc) is 2.41. The Morgan fingerprint density at radius 3 is 2.20 bits per heavy atom. The molecule has 4 nitrogen and oxygen atoms in total. The molecule has 0 aromatic heterocycles. The quantitative estimate of drug-likeness (QED) is 0.813. The first kappa shape index (κ1) is 17.0. The summed E-state index contributed by atoms with van der Waals surface area (Å²) in [5.41, 5.74) is 0. The van der Waals surface area contributed by atoms with Crippen molar-refractivity contribution in [3.05, 3.63) is 0 Å². The van der Waals surface area contributed by atoms with Gasteiger partial charge in [0.25, 0.3) is 0 Å². The number of piperazine rings is 1. The summed E-state index contributed by atoms with van der Waals surface area (Å²) >= 11 is 0. The van der Waals surface area contributed by atoms with Gasteiger partial charge in [-0.15, -0.1) is 0 Å². The Hall–Kier alpha value is -1.06. The van der Waals surface area contributed by atoms with Crippen molar-refractivity contribution in [3.63, 3.8) is 0 Å². The fraction of sp³-hybridized carbons (Fsp3) is 0.875. The van der Waals surface area contributed by atoms with Crippen LogP contribution in [-0.2, 0) is 9.59 Å². The summed E-state index contributed by atoms with van der Waals surface area (Å²) in [7, 11) is 0. The third-order valence-corrected chi connectivity index (χ3v) is 4.75. The number of carbonyl (C=O) groups excluding carboxylic acids is 2. The zero-order chi connectivity index (χ0) is 15.4. The predicted octanol–water partition coefficient (Wildman–Crippen LogP) is 2.43. The topological polar surface area (TPSA) is 49.4 Å². The van der Waals surface area contributed by atoms with E-state index in [4.69, 9.17) is 0 Å². The Balaban J connectivity index is 2.94. The monoisotopic (exact) mass is 282 g/mol. The lowest BCUT2D eigenvalue weighted by atomic mass is 9.91. The lowest BCUT2D eigenvalue weighted by Gasteiger charge is -2.42. The van der Waals surface area contributed by atoms with Gasteiger partial charge in [0.15, 0.2) is 0 Å².